The van der Waals surface area contributed by atoms with E-state index in [-0.39, 0.29) is 24.5 Å². The molecule has 0 saturated heterocycles. The van der Waals surface area contributed by atoms with E-state index in [0.29, 0.717) is 11.8 Å². The summed E-state index contributed by atoms with van der Waals surface area (Å²) in [4.78, 5) is 32.6. The molecule has 3 rings (SSSR count). The summed E-state index contributed by atoms with van der Waals surface area (Å²) in [5.41, 5.74) is 0.535. The monoisotopic (exact) mass is 365 g/mol. The molecule has 0 aromatic carbocycles. The summed E-state index contributed by atoms with van der Waals surface area (Å²) in [6, 6.07) is 1.80. The fourth-order valence-electron chi connectivity index (χ4n) is 2.56. The van der Waals surface area contributed by atoms with E-state index in [2.05, 4.69) is 20.6 Å². The fourth-order valence-corrected chi connectivity index (χ4v) is 2.56. The molecule has 1 aliphatic heterocycles. The van der Waals surface area contributed by atoms with Crippen LogP contribution in [0, 0.1) is 17.6 Å². The smallest absolute Gasteiger partial charge is 0.322 e. The van der Waals surface area contributed by atoms with E-state index >= 15 is 0 Å². The van der Waals surface area contributed by atoms with Gasteiger partial charge in [0.25, 0.3) is 0 Å². The highest BCUT2D eigenvalue weighted by atomic mass is 19.1. The molecule has 3 amide bonds. The number of halogens is 3. The average molecular weight is 365 g/mol. The first-order valence-electron chi connectivity index (χ1n) is 7.65. The molecule has 1 aliphatic rings. The number of anilines is 1. The Morgan fingerprint density at radius 1 is 1.38 bits per heavy atom. The lowest BCUT2D eigenvalue weighted by molar-refractivity contribution is -0.122. The van der Waals surface area contributed by atoms with Crippen molar-refractivity contribution in [3.05, 3.63) is 53.4 Å². The van der Waals surface area contributed by atoms with Gasteiger partial charge < -0.3 is 15.5 Å². The standard InChI is InChI=1S/C16H14F3N5O2/c1-8(15-10(18)4-9(17)5-20-15)21-14(25)7-24-6-12-11(23-16(24)26)2-3-13(19)22-12/h2-5,8H,6-7H2,1H3,(H,21,25)(H,23,26)/t8-/m1/s1. The van der Waals surface area contributed by atoms with Crippen molar-refractivity contribution in [3.63, 3.8) is 0 Å². The lowest BCUT2D eigenvalue weighted by atomic mass is 10.2. The summed E-state index contributed by atoms with van der Waals surface area (Å²) in [6.07, 6.45) is 0.844. The topological polar surface area (TPSA) is 87.2 Å². The molecule has 10 heteroatoms. The van der Waals surface area contributed by atoms with Gasteiger partial charge in [0, 0.05) is 6.07 Å². The lowest BCUT2D eigenvalue weighted by Gasteiger charge is -2.28. The SMILES string of the molecule is C[C@@H](NC(=O)CN1Cc2nc(F)ccc2NC1=O)c1ncc(F)cc1F. The summed E-state index contributed by atoms with van der Waals surface area (Å²) in [6.45, 7) is 1.07. The summed E-state index contributed by atoms with van der Waals surface area (Å²) in [5.74, 6) is -3.00. The van der Waals surface area contributed by atoms with E-state index in [9.17, 15) is 22.8 Å². The molecule has 2 N–H and O–H groups in total. The fraction of sp³-hybridized carbons (Fsp3) is 0.250. The first-order chi connectivity index (χ1) is 12.3. The summed E-state index contributed by atoms with van der Waals surface area (Å²) in [7, 11) is 0. The van der Waals surface area contributed by atoms with Crippen molar-refractivity contribution in [2.24, 2.45) is 0 Å². The maximum absolute atomic E-state index is 13.7. The second-order valence-electron chi connectivity index (χ2n) is 5.72. The van der Waals surface area contributed by atoms with E-state index in [0.717, 1.165) is 17.2 Å². The maximum atomic E-state index is 13.7. The minimum atomic E-state index is -0.887. The average Bonchev–Trinajstić information content (AvgIpc) is 2.55. The van der Waals surface area contributed by atoms with Crippen LogP contribution >= 0.6 is 0 Å². The van der Waals surface area contributed by atoms with Crippen molar-refractivity contribution >= 4 is 17.6 Å². The Morgan fingerprint density at radius 2 is 2.15 bits per heavy atom. The number of urea groups is 1. The van der Waals surface area contributed by atoms with Gasteiger partial charge in [-0.3, -0.25) is 9.78 Å². The van der Waals surface area contributed by atoms with Gasteiger partial charge in [-0.05, 0) is 19.1 Å². The Morgan fingerprint density at radius 3 is 2.88 bits per heavy atom. The predicted molar refractivity (Wildman–Crippen MR) is 84.3 cm³/mol. The molecule has 2 aromatic rings. The van der Waals surface area contributed by atoms with Crippen molar-refractivity contribution in [1.29, 1.82) is 0 Å². The third kappa shape index (κ3) is 3.73. The molecule has 0 fully saturated rings. The van der Waals surface area contributed by atoms with E-state index in [1.54, 1.807) is 0 Å². The van der Waals surface area contributed by atoms with Gasteiger partial charge in [-0.15, -0.1) is 0 Å². The van der Waals surface area contributed by atoms with E-state index < -0.39 is 35.6 Å². The van der Waals surface area contributed by atoms with Gasteiger partial charge in [0.15, 0.2) is 0 Å². The van der Waals surface area contributed by atoms with Gasteiger partial charge in [-0.25, -0.2) is 18.6 Å². The first kappa shape index (κ1) is 17.6. The van der Waals surface area contributed by atoms with E-state index in [1.165, 1.54) is 13.0 Å². The molecule has 0 radical (unpaired) electrons. The molecule has 0 bridgehead atoms. The zero-order valence-electron chi connectivity index (χ0n) is 13.6. The first-order valence-corrected chi connectivity index (χ1v) is 7.65. The van der Waals surface area contributed by atoms with Crippen molar-refractivity contribution in [2.45, 2.75) is 19.5 Å². The van der Waals surface area contributed by atoms with Gasteiger partial charge in [-0.2, -0.15) is 4.39 Å². The number of nitrogens with zero attached hydrogens (tertiary/aromatic N) is 3. The van der Waals surface area contributed by atoms with E-state index in [4.69, 9.17) is 0 Å². The number of amides is 3. The summed E-state index contributed by atoms with van der Waals surface area (Å²) >= 11 is 0. The van der Waals surface area contributed by atoms with Crippen LogP contribution in [-0.2, 0) is 11.3 Å². The molecule has 136 valence electrons. The molecular weight excluding hydrogens is 351 g/mol. The Hall–Kier alpha value is -3.17. The minimum Gasteiger partial charge on any atom is -0.346 e. The Kier molecular flexibility index (Phi) is 4.74. The number of pyridine rings is 2. The maximum Gasteiger partial charge on any atom is 0.322 e. The highest BCUT2D eigenvalue weighted by Gasteiger charge is 2.26. The van der Waals surface area contributed by atoms with E-state index in [1.807, 2.05) is 0 Å². The molecule has 26 heavy (non-hydrogen) atoms. The minimum absolute atomic E-state index is 0.0517. The molecule has 2 aromatic heterocycles. The van der Waals surface area contributed by atoms with Gasteiger partial charge >= 0.3 is 6.03 Å². The third-order valence-corrected chi connectivity index (χ3v) is 3.77. The van der Waals surface area contributed by atoms with Crippen molar-refractivity contribution in [3.8, 4) is 0 Å². The number of hydrogen-bond donors (Lipinski definition) is 2. The largest absolute Gasteiger partial charge is 0.346 e. The van der Waals surface area contributed by atoms with Crippen LogP contribution in [0.25, 0.3) is 0 Å². The molecule has 3 heterocycles. The van der Waals surface area contributed by atoms with Gasteiger partial charge in [-0.1, -0.05) is 0 Å². The number of rotatable bonds is 4. The van der Waals surface area contributed by atoms with Crippen LogP contribution < -0.4 is 10.6 Å². The lowest BCUT2D eigenvalue weighted by Crippen LogP contribution is -2.45. The van der Waals surface area contributed by atoms with Crippen LogP contribution in [-0.4, -0.2) is 33.4 Å². The van der Waals surface area contributed by atoms with Crippen LogP contribution in [0.3, 0.4) is 0 Å². The highest BCUT2D eigenvalue weighted by molar-refractivity contribution is 5.94. The number of carbonyl (C=O) groups is 2. The number of aromatic nitrogens is 2. The van der Waals surface area contributed by atoms with Crippen LogP contribution in [0.15, 0.2) is 24.4 Å². The molecule has 0 spiro atoms. The second-order valence-corrected chi connectivity index (χ2v) is 5.72. The zero-order chi connectivity index (χ0) is 18.8. The Balaban J connectivity index is 1.65. The van der Waals surface area contributed by atoms with Crippen LogP contribution in [0.1, 0.15) is 24.4 Å². The third-order valence-electron chi connectivity index (χ3n) is 3.77. The second kappa shape index (κ2) is 6.98. The molecular formula is C16H14F3N5O2. The molecule has 7 nitrogen and oxygen atoms in total. The number of fused-ring (bicyclic) bond motifs is 1. The quantitative estimate of drug-likeness (QED) is 0.813. The molecule has 1 atom stereocenters. The Bertz CT molecular complexity index is 877. The van der Waals surface area contributed by atoms with Crippen LogP contribution in [0.4, 0.5) is 23.7 Å². The zero-order valence-corrected chi connectivity index (χ0v) is 13.6. The molecule has 0 unspecified atom stereocenters. The molecule has 0 aliphatic carbocycles. The summed E-state index contributed by atoms with van der Waals surface area (Å²) in [5, 5.41) is 4.99. The number of carbonyl (C=O) groups excluding carboxylic acids is 2. The predicted octanol–water partition coefficient (Wildman–Crippen LogP) is 2.12. The highest BCUT2D eigenvalue weighted by Crippen LogP contribution is 2.21. The van der Waals surface area contributed by atoms with Crippen LogP contribution in [0.5, 0.6) is 0 Å². The molecule has 0 saturated carbocycles. The number of hydrogen-bond acceptors (Lipinski definition) is 4. The van der Waals surface area contributed by atoms with Gasteiger partial charge in [0.05, 0.1) is 35.9 Å². The van der Waals surface area contributed by atoms with Crippen molar-refractivity contribution < 1.29 is 22.8 Å². The van der Waals surface area contributed by atoms with Gasteiger partial charge in [0.2, 0.25) is 11.9 Å². The number of nitrogens with one attached hydrogen (secondary N) is 2. The Labute approximate surface area is 146 Å². The van der Waals surface area contributed by atoms with Crippen LogP contribution in [0.2, 0.25) is 0 Å². The van der Waals surface area contributed by atoms with Crippen molar-refractivity contribution in [2.75, 3.05) is 11.9 Å². The van der Waals surface area contributed by atoms with Gasteiger partial charge in [0.1, 0.15) is 18.2 Å². The summed E-state index contributed by atoms with van der Waals surface area (Å²) < 4.78 is 39.8. The normalized spacial score (nSPS) is 14.5. The van der Waals surface area contributed by atoms with Crippen molar-refractivity contribution in [1.82, 2.24) is 20.2 Å².